The average Bonchev–Trinajstić information content (AvgIpc) is 2.88. The van der Waals surface area contributed by atoms with Gasteiger partial charge in [-0.15, -0.1) is 0 Å². The summed E-state index contributed by atoms with van der Waals surface area (Å²) in [7, 11) is 2.97. The number of hydrogen-bond donors (Lipinski definition) is 2. The first-order valence-electron chi connectivity index (χ1n) is 12.2. The molecule has 37 heavy (non-hydrogen) atoms. The lowest BCUT2D eigenvalue weighted by molar-refractivity contribution is -0.147. The average molecular weight is 507 g/mol. The number of aryl methyl sites for hydroxylation is 1. The largest absolute Gasteiger partial charge is 0.504 e. The van der Waals surface area contributed by atoms with Gasteiger partial charge < -0.3 is 24.4 Å². The molecule has 3 rings (SSSR count). The Balaban J connectivity index is 1.74. The van der Waals surface area contributed by atoms with Gasteiger partial charge in [-0.25, -0.2) is 0 Å². The summed E-state index contributed by atoms with van der Waals surface area (Å²) >= 11 is 0. The topological polar surface area (TPSA) is 102 Å². The zero-order chi connectivity index (χ0) is 26.8. The van der Waals surface area contributed by atoms with E-state index in [2.05, 4.69) is 0 Å². The zero-order valence-electron chi connectivity index (χ0n) is 21.5. The van der Waals surface area contributed by atoms with E-state index in [1.807, 2.05) is 30.3 Å². The molecule has 0 fully saturated rings. The highest BCUT2D eigenvalue weighted by atomic mass is 16.5. The van der Waals surface area contributed by atoms with Crippen molar-refractivity contribution in [3.63, 3.8) is 0 Å². The molecule has 0 saturated carbocycles. The van der Waals surface area contributed by atoms with Crippen molar-refractivity contribution >= 4 is 11.8 Å². The zero-order valence-corrected chi connectivity index (χ0v) is 21.5. The number of phenols is 2. The van der Waals surface area contributed by atoms with Gasteiger partial charge in [0.05, 0.1) is 14.2 Å². The van der Waals surface area contributed by atoms with Crippen LogP contribution in [0.25, 0.3) is 0 Å². The number of ether oxygens (including phenoxy) is 3. The fourth-order valence-electron chi connectivity index (χ4n) is 4.41. The van der Waals surface area contributed by atoms with Crippen molar-refractivity contribution in [3.05, 3.63) is 83.4 Å². The van der Waals surface area contributed by atoms with E-state index in [1.54, 1.807) is 36.4 Å². The van der Waals surface area contributed by atoms with Crippen LogP contribution in [0, 0.1) is 0 Å². The van der Waals surface area contributed by atoms with Crippen molar-refractivity contribution < 1.29 is 34.0 Å². The monoisotopic (exact) mass is 506 g/mol. The Labute approximate surface area is 217 Å². The molecule has 0 radical (unpaired) electrons. The Morgan fingerprint density at radius 2 is 1.46 bits per heavy atom. The van der Waals surface area contributed by atoms with E-state index < -0.39 is 12.1 Å². The van der Waals surface area contributed by atoms with Crippen LogP contribution < -0.4 is 9.47 Å². The van der Waals surface area contributed by atoms with Crippen LogP contribution in [0.2, 0.25) is 0 Å². The maximum absolute atomic E-state index is 13.3. The van der Waals surface area contributed by atoms with E-state index in [0.717, 1.165) is 16.7 Å². The lowest BCUT2D eigenvalue weighted by atomic mass is 9.86. The molecule has 3 aromatic rings. The number of aromatic hydroxyl groups is 2. The number of carbonyl (C=O) groups is 2. The molecule has 0 spiro atoms. The number of rotatable bonds is 13. The Morgan fingerprint density at radius 1 is 0.811 bits per heavy atom. The Morgan fingerprint density at radius 3 is 2.11 bits per heavy atom. The standard InChI is InChI=1S/C30H34O7/c1-20(31)37-26(12-9-22-10-13-27(33)29(16-22)35-2)19-25(32)17-24(15-21-7-5-4-6-8-21)23-11-14-28(34)30(18-23)36-3/h4-8,10-11,13-14,16,18,24,26,33-34H,9,12,15,17,19H2,1-3H3/t24-,26+/m0/s1. The molecule has 0 unspecified atom stereocenters. The van der Waals surface area contributed by atoms with Gasteiger partial charge in [0.2, 0.25) is 0 Å². The highest BCUT2D eigenvalue weighted by Gasteiger charge is 2.23. The SMILES string of the molecule is COc1cc(CC[C@H](CC(=O)C[C@H](Cc2ccccc2)c2ccc(O)c(OC)c2)OC(C)=O)ccc1O. The van der Waals surface area contributed by atoms with Crippen LogP contribution >= 0.6 is 0 Å². The third-order valence-electron chi connectivity index (χ3n) is 6.26. The molecular weight excluding hydrogens is 472 g/mol. The predicted molar refractivity (Wildman–Crippen MR) is 140 cm³/mol. The number of Topliss-reactive ketones (excluding diaryl/α,β-unsaturated/α-hetero) is 1. The number of hydrogen-bond acceptors (Lipinski definition) is 7. The molecule has 0 bridgehead atoms. The van der Waals surface area contributed by atoms with Gasteiger partial charge in [-0.05, 0) is 66.1 Å². The van der Waals surface area contributed by atoms with E-state index >= 15 is 0 Å². The molecule has 2 atom stereocenters. The molecule has 3 aromatic carbocycles. The van der Waals surface area contributed by atoms with E-state index in [-0.39, 0.29) is 36.0 Å². The van der Waals surface area contributed by atoms with E-state index in [9.17, 15) is 19.8 Å². The van der Waals surface area contributed by atoms with E-state index in [4.69, 9.17) is 14.2 Å². The molecule has 0 amide bonds. The van der Waals surface area contributed by atoms with Gasteiger partial charge in [-0.1, -0.05) is 42.5 Å². The normalized spacial score (nSPS) is 12.4. The summed E-state index contributed by atoms with van der Waals surface area (Å²) in [5.74, 6) is 0.192. The van der Waals surface area contributed by atoms with Crippen LogP contribution in [0.4, 0.5) is 0 Å². The fraction of sp³-hybridized carbons (Fsp3) is 0.333. The van der Waals surface area contributed by atoms with E-state index in [0.29, 0.717) is 30.8 Å². The second kappa shape index (κ2) is 13.3. The number of methoxy groups -OCH3 is 2. The minimum Gasteiger partial charge on any atom is -0.504 e. The molecule has 0 saturated heterocycles. The number of ketones is 1. The van der Waals surface area contributed by atoms with Gasteiger partial charge in [0.25, 0.3) is 0 Å². The highest BCUT2D eigenvalue weighted by Crippen LogP contribution is 2.33. The molecule has 196 valence electrons. The van der Waals surface area contributed by atoms with Crippen molar-refractivity contribution in [2.75, 3.05) is 14.2 Å². The number of carbonyl (C=O) groups excluding carboxylic acids is 2. The van der Waals surface area contributed by atoms with Gasteiger partial charge in [0, 0.05) is 19.8 Å². The second-order valence-electron chi connectivity index (χ2n) is 9.04. The first-order chi connectivity index (χ1) is 17.8. The molecule has 0 aliphatic heterocycles. The van der Waals surface area contributed by atoms with Crippen molar-refractivity contribution in [2.45, 2.75) is 51.0 Å². The van der Waals surface area contributed by atoms with Crippen LogP contribution in [0.5, 0.6) is 23.0 Å². The molecule has 0 aromatic heterocycles. The lowest BCUT2D eigenvalue weighted by Gasteiger charge is -2.21. The second-order valence-corrected chi connectivity index (χ2v) is 9.04. The van der Waals surface area contributed by atoms with Crippen molar-refractivity contribution in [2.24, 2.45) is 0 Å². The molecular formula is C30H34O7. The first-order valence-corrected chi connectivity index (χ1v) is 12.2. The molecule has 7 heteroatoms. The fourth-order valence-corrected chi connectivity index (χ4v) is 4.41. The summed E-state index contributed by atoms with van der Waals surface area (Å²) in [6, 6.07) is 20.1. The quantitative estimate of drug-likeness (QED) is 0.301. The van der Waals surface area contributed by atoms with Crippen molar-refractivity contribution in [1.29, 1.82) is 0 Å². The minimum absolute atomic E-state index is 0.0255. The smallest absolute Gasteiger partial charge is 0.302 e. The summed E-state index contributed by atoms with van der Waals surface area (Å²) in [6.07, 6.45) is 1.39. The van der Waals surface area contributed by atoms with Gasteiger partial charge in [0.15, 0.2) is 23.0 Å². The first kappa shape index (κ1) is 27.6. The Bertz CT molecular complexity index is 1190. The van der Waals surface area contributed by atoms with Crippen LogP contribution in [0.3, 0.4) is 0 Å². The van der Waals surface area contributed by atoms with Gasteiger partial charge in [-0.3, -0.25) is 9.59 Å². The van der Waals surface area contributed by atoms with E-state index in [1.165, 1.54) is 21.1 Å². The predicted octanol–water partition coefficient (Wildman–Crippen LogP) is 5.36. The summed E-state index contributed by atoms with van der Waals surface area (Å²) in [4.78, 5) is 25.0. The highest BCUT2D eigenvalue weighted by molar-refractivity contribution is 5.80. The van der Waals surface area contributed by atoms with Crippen LogP contribution in [-0.2, 0) is 27.2 Å². The van der Waals surface area contributed by atoms with Crippen molar-refractivity contribution in [3.8, 4) is 23.0 Å². The summed E-state index contributed by atoms with van der Waals surface area (Å²) < 4.78 is 15.9. The van der Waals surface area contributed by atoms with Crippen LogP contribution in [-0.4, -0.2) is 42.3 Å². The summed E-state index contributed by atoms with van der Waals surface area (Å²) in [5, 5.41) is 19.9. The maximum atomic E-state index is 13.3. The Hall–Kier alpha value is -4.00. The lowest BCUT2D eigenvalue weighted by Crippen LogP contribution is -2.22. The Kier molecular flexibility index (Phi) is 9.95. The summed E-state index contributed by atoms with van der Waals surface area (Å²) in [5.41, 5.74) is 2.87. The minimum atomic E-state index is -0.573. The molecule has 0 aliphatic carbocycles. The number of benzene rings is 3. The summed E-state index contributed by atoms with van der Waals surface area (Å²) in [6.45, 7) is 1.34. The number of esters is 1. The third kappa shape index (κ3) is 8.27. The third-order valence-corrected chi connectivity index (χ3v) is 6.26. The molecule has 0 aliphatic rings. The number of phenolic OH excluding ortho intramolecular Hbond substituents is 2. The molecule has 7 nitrogen and oxygen atoms in total. The van der Waals surface area contributed by atoms with Crippen LogP contribution in [0.15, 0.2) is 66.7 Å². The van der Waals surface area contributed by atoms with Crippen molar-refractivity contribution in [1.82, 2.24) is 0 Å². The van der Waals surface area contributed by atoms with Gasteiger partial charge in [-0.2, -0.15) is 0 Å². The molecule has 0 heterocycles. The van der Waals surface area contributed by atoms with Crippen LogP contribution in [0.1, 0.15) is 48.8 Å². The van der Waals surface area contributed by atoms with Gasteiger partial charge in [0.1, 0.15) is 11.9 Å². The van der Waals surface area contributed by atoms with Gasteiger partial charge >= 0.3 is 5.97 Å². The molecule has 2 N–H and O–H groups in total. The maximum Gasteiger partial charge on any atom is 0.302 e.